The highest BCUT2D eigenvalue weighted by atomic mass is 16.5. The van der Waals surface area contributed by atoms with E-state index in [0.29, 0.717) is 18.2 Å². The van der Waals surface area contributed by atoms with E-state index in [1.54, 1.807) is 7.11 Å². The lowest BCUT2D eigenvalue weighted by Crippen LogP contribution is -2.26. The quantitative estimate of drug-likeness (QED) is 0.924. The molecule has 1 aliphatic heterocycles. The van der Waals surface area contributed by atoms with E-state index in [1.165, 1.54) is 0 Å². The molecule has 0 spiro atoms. The predicted octanol–water partition coefficient (Wildman–Crippen LogP) is 2.14. The van der Waals surface area contributed by atoms with Crippen LogP contribution >= 0.6 is 0 Å². The van der Waals surface area contributed by atoms with E-state index in [9.17, 15) is 0 Å². The molecule has 5 heteroatoms. The minimum absolute atomic E-state index is 0.398. The number of piperidine rings is 1. The molecule has 0 bridgehead atoms. The Kier molecular flexibility index (Phi) is 3.97. The van der Waals surface area contributed by atoms with Gasteiger partial charge in [-0.25, -0.2) is 0 Å². The van der Waals surface area contributed by atoms with Crippen molar-refractivity contribution in [1.82, 2.24) is 15.5 Å². The zero-order valence-electron chi connectivity index (χ0n) is 11.6. The average Bonchev–Trinajstić information content (AvgIpc) is 2.97. The number of ether oxygens (including phenoxy) is 1. The van der Waals surface area contributed by atoms with Crippen LogP contribution in [0.1, 0.15) is 36.1 Å². The van der Waals surface area contributed by atoms with E-state index in [0.717, 1.165) is 43.1 Å². The summed E-state index contributed by atoms with van der Waals surface area (Å²) in [7, 11) is 1.67. The molecule has 1 aliphatic rings. The summed E-state index contributed by atoms with van der Waals surface area (Å²) in [6.07, 6.45) is 2.74. The zero-order chi connectivity index (χ0) is 13.8. The highest BCUT2D eigenvalue weighted by molar-refractivity contribution is 5.34. The molecular formula is C15H19N3O2. The summed E-state index contributed by atoms with van der Waals surface area (Å²) in [4.78, 5) is 0. The topological polar surface area (TPSA) is 60.2 Å². The molecule has 0 amide bonds. The van der Waals surface area contributed by atoms with Crippen LogP contribution < -0.4 is 10.1 Å². The number of hydrogen-bond donors (Lipinski definition) is 1. The van der Waals surface area contributed by atoms with Crippen molar-refractivity contribution in [2.45, 2.75) is 25.2 Å². The van der Waals surface area contributed by atoms with Crippen molar-refractivity contribution in [3.8, 4) is 5.75 Å². The predicted molar refractivity (Wildman–Crippen MR) is 74.9 cm³/mol. The van der Waals surface area contributed by atoms with Gasteiger partial charge in [0.2, 0.25) is 11.8 Å². The lowest BCUT2D eigenvalue weighted by molar-refractivity contribution is 0.361. The van der Waals surface area contributed by atoms with Gasteiger partial charge in [0.1, 0.15) is 5.75 Å². The summed E-state index contributed by atoms with van der Waals surface area (Å²) in [6, 6.07) is 7.91. The molecule has 106 valence electrons. The smallest absolute Gasteiger partial charge is 0.221 e. The maximum absolute atomic E-state index is 5.82. The SMILES string of the molecule is COc1ccccc1Cc1nnc(C2CCNCC2)o1. The van der Waals surface area contributed by atoms with Crippen LogP contribution in [0.4, 0.5) is 0 Å². The van der Waals surface area contributed by atoms with Crippen molar-refractivity contribution < 1.29 is 9.15 Å². The molecule has 0 aliphatic carbocycles. The molecule has 0 unspecified atom stereocenters. The van der Waals surface area contributed by atoms with E-state index in [2.05, 4.69) is 15.5 Å². The fraction of sp³-hybridized carbons (Fsp3) is 0.467. The number of methoxy groups -OCH3 is 1. The maximum Gasteiger partial charge on any atom is 0.221 e. The second-order valence-corrected chi connectivity index (χ2v) is 5.05. The Morgan fingerprint density at radius 2 is 2.05 bits per heavy atom. The monoisotopic (exact) mass is 273 g/mol. The highest BCUT2D eigenvalue weighted by Gasteiger charge is 2.21. The van der Waals surface area contributed by atoms with Gasteiger partial charge in [-0.15, -0.1) is 10.2 Å². The molecule has 0 saturated carbocycles. The van der Waals surface area contributed by atoms with Crippen LogP contribution in [0.15, 0.2) is 28.7 Å². The first-order valence-corrected chi connectivity index (χ1v) is 7.01. The van der Waals surface area contributed by atoms with Crippen molar-refractivity contribution in [3.05, 3.63) is 41.6 Å². The summed E-state index contributed by atoms with van der Waals surface area (Å²) in [5.41, 5.74) is 1.07. The number of aromatic nitrogens is 2. The third-order valence-electron chi connectivity index (χ3n) is 3.71. The van der Waals surface area contributed by atoms with Crippen LogP contribution in [0.2, 0.25) is 0 Å². The highest BCUT2D eigenvalue weighted by Crippen LogP contribution is 2.25. The van der Waals surface area contributed by atoms with Crippen molar-refractivity contribution in [2.24, 2.45) is 0 Å². The van der Waals surface area contributed by atoms with E-state index >= 15 is 0 Å². The van der Waals surface area contributed by atoms with Crippen LogP contribution in [-0.4, -0.2) is 30.4 Å². The molecule has 1 aromatic carbocycles. The first kappa shape index (κ1) is 13.1. The Hall–Kier alpha value is -1.88. The summed E-state index contributed by atoms with van der Waals surface area (Å²) in [5, 5.41) is 11.7. The number of benzene rings is 1. The molecule has 2 heterocycles. The van der Waals surface area contributed by atoms with E-state index in [-0.39, 0.29) is 0 Å². The summed E-state index contributed by atoms with van der Waals surface area (Å²) < 4.78 is 11.2. The van der Waals surface area contributed by atoms with Crippen molar-refractivity contribution in [3.63, 3.8) is 0 Å². The third-order valence-corrected chi connectivity index (χ3v) is 3.71. The molecule has 1 N–H and O–H groups in total. The van der Waals surface area contributed by atoms with Gasteiger partial charge in [-0.3, -0.25) is 0 Å². The van der Waals surface area contributed by atoms with Gasteiger partial charge >= 0.3 is 0 Å². The summed E-state index contributed by atoms with van der Waals surface area (Å²) >= 11 is 0. The first-order valence-electron chi connectivity index (χ1n) is 7.01. The Morgan fingerprint density at radius 3 is 2.85 bits per heavy atom. The molecule has 20 heavy (non-hydrogen) atoms. The normalized spacial score (nSPS) is 16.2. The van der Waals surface area contributed by atoms with Gasteiger partial charge in [0.05, 0.1) is 13.5 Å². The van der Waals surface area contributed by atoms with Gasteiger partial charge in [0.15, 0.2) is 0 Å². The van der Waals surface area contributed by atoms with Gasteiger partial charge in [0, 0.05) is 11.5 Å². The lowest BCUT2D eigenvalue weighted by Gasteiger charge is -2.18. The fourth-order valence-electron chi connectivity index (χ4n) is 2.58. The molecule has 1 aromatic heterocycles. The summed E-state index contributed by atoms with van der Waals surface area (Å²) in [5.74, 6) is 2.68. The van der Waals surface area contributed by atoms with Crippen LogP contribution in [0.3, 0.4) is 0 Å². The largest absolute Gasteiger partial charge is 0.496 e. The van der Waals surface area contributed by atoms with E-state index in [4.69, 9.17) is 9.15 Å². The van der Waals surface area contributed by atoms with Crippen molar-refractivity contribution in [2.75, 3.05) is 20.2 Å². The van der Waals surface area contributed by atoms with Crippen LogP contribution in [-0.2, 0) is 6.42 Å². The second-order valence-electron chi connectivity index (χ2n) is 5.05. The van der Waals surface area contributed by atoms with Crippen LogP contribution in [0.25, 0.3) is 0 Å². The Labute approximate surface area is 118 Å². The zero-order valence-corrected chi connectivity index (χ0v) is 11.6. The number of hydrogen-bond acceptors (Lipinski definition) is 5. The first-order chi connectivity index (χ1) is 9.86. The maximum atomic E-state index is 5.82. The molecule has 5 nitrogen and oxygen atoms in total. The summed E-state index contributed by atoms with van der Waals surface area (Å²) in [6.45, 7) is 2.05. The van der Waals surface area contributed by atoms with E-state index < -0.39 is 0 Å². The number of nitrogens with zero attached hydrogens (tertiary/aromatic N) is 2. The van der Waals surface area contributed by atoms with Crippen LogP contribution in [0.5, 0.6) is 5.75 Å². The molecule has 3 rings (SSSR count). The minimum atomic E-state index is 0.398. The number of nitrogens with one attached hydrogen (secondary N) is 1. The average molecular weight is 273 g/mol. The van der Waals surface area contributed by atoms with Gasteiger partial charge in [-0.2, -0.15) is 0 Å². The van der Waals surface area contributed by atoms with Gasteiger partial charge < -0.3 is 14.5 Å². The van der Waals surface area contributed by atoms with E-state index in [1.807, 2.05) is 24.3 Å². The minimum Gasteiger partial charge on any atom is -0.496 e. The third kappa shape index (κ3) is 2.82. The van der Waals surface area contributed by atoms with Crippen LogP contribution in [0, 0.1) is 0 Å². The van der Waals surface area contributed by atoms with Gasteiger partial charge in [-0.05, 0) is 32.0 Å². The number of para-hydroxylation sites is 1. The van der Waals surface area contributed by atoms with Gasteiger partial charge in [0.25, 0.3) is 0 Å². The molecule has 0 atom stereocenters. The fourth-order valence-corrected chi connectivity index (χ4v) is 2.58. The van der Waals surface area contributed by atoms with Crippen molar-refractivity contribution >= 4 is 0 Å². The molecule has 2 aromatic rings. The number of rotatable bonds is 4. The second kappa shape index (κ2) is 6.05. The van der Waals surface area contributed by atoms with Gasteiger partial charge in [-0.1, -0.05) is 18.2 Å². The molecule has 1 fully saturated rings. The molecule has 1 saturated heterocycles. The van der Waals surface area contributed by atoms with Crippen molar-refractivity contribution in [1.29, 1.82) is 0 Å². The lowest BCUT2D eigenvalue weighted by atomic mass is 9.98. The molecular weight excluding hydrogens is 254 g/mol. The standard InChI is InChI=1S/C15H19N3O2/c1-19-13-5-3-2-4-12(13)10-14-17-18-15(20-14)11-6-8-16-9-7-11/h2-5,11,16H,6-10H2,1H3. The Balaban J connectivity index is 1.73. The molecule has 0 radical (unpaired) electrons. The Bertz CT molecular complexity index is 562. The Morgan fingerprint density at radius 1 is 1.25 bits per heavy atom.